The van der Waals surface area contributed by atoms with E-state index in [1.807, 2.05) is 0 Å². The number of rotatable bonds is 8. The SMILES string of the molecule is CC1CC=CCC1COCC(O)CNOCC(F)(F)F. The summed E-state index contributed by atoms with van der Waals surface area (Å²) < 4.78 is 40.7. The van der Waals surface area contributed by atoms with Crippen LogP contribution in [0.5, 0.6) is 0 Å². The van der Waals surface area contributed by atoms with E-state index in [4.69, 9.17) is 4.74 Å². The second-order valence-corrected chi connectivity index (χ2v) is 5.12. The highest BCUT2D eigenvalue weighted by Gasteiger charge is 2.27. The van der Waals surface area contributed by atoms with E-state index in [0.717, 1.165) is 12.8 Å². The lowest BCUT2D eigenvalue weighted by molar-refractivity contribution is -0.191. The van der Waals surface area contributed by atoms with Gasteiger partial charge in [-0.1, -0.05) is 19.1 Å². The van der Waals surface area contributed by atoms with Gasteiger partial charge < -0.3 is 9.84 Å². The third-order valence-electron chi connectivity index (χ3n) is 3.22. The Kier molecular flexibility index (Phi) is 7.50. The first-order valence-electron chi connectivity index (χ1n) is 6.70. The van der Waals surface area contributed by atoms with Gasteiger partial charge in [-0.15, -0.1) is 0 Å². The van der Waals surface area contributed by atoms with Gasteiger partial charge in [-0.25, -0.2) is 0 Å². The van der Waals surface area contributed by atoms with E-state index >= 15 is 0 Å². The topological polar surface area (TPSA) is 50.7 Å². The molecule has 0 spiro atoms. The van der Waals surface area contributed by atoms with Crippen molar-refractivity contribution in [2.75, 3.05) is 26.4 Å². The van der Waals surface area contributed by atoms with Crippen molar-refractivity contribution >= 4 is 0 Å². The van der Waals surface area contributed by atoms with Crippen molar-refractivity contribution in [3.8, 4) is 0 Å². The first kappa shape index (κ1) is 17.4. The van der Waals surface area contributed by atoms with Crippen molar-refractivity contribution in [2.45, 2.75) is 32.0 Å². The lowest BCUT2D eigenvalue weighted by Gasteiger charge is -2.25. The molecule has 1 rings (SSSR count). The number of halogens is 3. The molecule has 0 aromatic carbocycles. The summed E-state index contributed by atoms with van der Waals surface area (Å²) in [7, 11) is 0. The van der Waals surface area contributed by atoms with E-state index < -0.39 is 18.9 Å². The van der Waals surface area contributed by atoms with Gasteiger partial charge in [0.2, 0.25) is 0 Å². The molecule has 3 unspecified atom stereocenters. The van der Waals surface area contributed by atoms with Crippen LogP contribution in [0.3, 0.4) is 0 Å². The fourth-order valence-corrected chi connectivity index (χ4v) is 1.94. The molecule has 0 fully saturated rings. The first-order valence-corrected chi connectivity index (χ1v) is 6.70. The third-order valence-corrected chi connectivity index (χ3v) is 3.22. The lowest BCUT2D eigenvalue weighted by atomic mass is 9.85. The average Bonchev–Trinajstić information content (AvgIpc) is 2.36. The zero-order chi connectivity index (χ0) is 15.0. The van der Waals surface area contributed by atoms with E-state index in [2.05, 4.69) is 29.4 Å². The van der Waals surface area contributed by atoms with Crippen LogP contribution in [0.25, 0.3) is 0 Å². The fourth-order valence-electron chi connectivity index (χ4n) is 1.94. The predicted octanol–water partition coefficient (Wildman–Crippen LogP) is 2.05. The van der Waals surface area contributed by atoms with Crippen LogP contribution in [-0.4, -0.2) is 43.8 Å². The van der Waals surface area contributed by atoms with Crippen molar-refractivity contribution in [1.82, 2.24) is 5.48 Å². The zero-order valence-corrected chi connectivity index (χ0v) is 11.5. The molecule has 4 nitrogen and oxygen atoms in total. The Labute approximate surface area is 116 Å². The van der Waals surface area contributed by atoms with Crippen LogP contribution in [0, 0.1) is 11.8 Å². The van der Waals surface area contributed by atoms with E-state index in [0.29, 0.717) is 18.4 Å². The minimum atomic E-state index is -4.38. The highest BCUT2D eigenvalue weighted by atomic mass is 19.4. The van der Waals surface area contributed by atoms with Gasteiger partial charge in [-0.3, -0.25) is 4.84 Å². The summed E-state index contributed by atoms with van der Waals surface area (Å²) in [5, 5.41) is 9.51. The number of nitrogens with one attached hydrogen (secondary N) is 1. The molecule has 20 heavy (non-hydrogen) atoms. The van der Waals surface area contributed by atoms with Crippen molar-refractivity contribution in [1.29, 1.82) is 0 Å². The predicted molar refractivity (Wildman–Crippen MR) is 67.9 cm³/mol. The molecule has 0 amide bonds. The minimum Gasteiger partial charge on any atom is -0.389 e. The van der Waals surface area contributed by atoms with Gasteiger partial charge in [-0.05, 0) is 24.7 Å². The quantitative estimate of drug-likeness (QED) is 0.409. The molecule has 118 valence electrons. The summed E-state index contributed by atoms with van der Waals surface area (Å²) in [5.74, 6) is 0.979. The van der Waals surface area contributed by atoms with Gasteiger partial charge in [0.05, 0.1) is 19.3 Å². The Morgan fingerprint density at radius 1 is 1.35 bits per heavy atom. The van der Waals surface area contributed by atoms with Crippen LogP contribution in [0.15, 0.2) is 12.2 Å². The number of hydrogen-bond donors (Lipinski definition) is 2. The highest BCUT2D eigenvalue weighted by molar-refractivity contribution is 4.93. The van der Waals surface area contributed by atoms with Crippen LogP contribution in [-0.2, 0) is 9.57 Å². The summed E-state index contributed by atoms with van der Waals surface area (Å²) in [6, 6.07) is 0. The largest absolute Gasteiger partial charge is 0.413 e. The van der Waals surface area contributed by atoms with E-state index in [-0.39, 0.29) is 13.2 Å². The molecule has 0 aromatic rings. The molecule has 0 saturated carbocycles. The summed E-state index contributed by atoms with van der Waals surface area (Å²) in [6.45, 7) is 1.30. The van der Waals surface area contributed by atoms with Gasteiger partial charge in [0, 0.05) is 6.54 Å². The molecule has 0 bridgehead atoms. The van der Waals surface area contributed by atoms with E-state index in [1.165, 1.54) is 0 Å². The Morgan fingerprint density at radius 3 is 2.70 bits per heavy atom. The maximum absolute atomic E-state index is 11.8. The second kappa shape index (κ2) is 8.61. The van der Waals surface area contributed by atoms with Crippen LogP contribution >= 0.6 is 0 Å². The fraction of sp³-hybridized carbons (Fsp3) is 0.846. The molecule has 2 N–H and O–H groups in total. The van der Waals surface area contributed by atoms with Gasteiger partial charge in [0.15, 0.2) is 6.61 Å². The first-order chi connectivity index (χ1) is 9.38. The number of aliphatic hydroxyl groups excluding tert-OH is 1. The molecule has 0 aromatic heterocycles. The highest BCUT2D eigenvalue weighted by Crippen LogP contribution is 2.24. The molecule has 7 heteroatoms. The summed E-state index contributed by atoms with van der Waals surface area (Å²) >= 11 is 0. The van der Waals surface area contributed by atoms with E-state index in [9.17, 15) is 18.3 Å². The number of aliphatic hydroxyl groups is 1. The van der Waals surface area contributed by atoms with Crippen molar-refractivity contribution < 1.29 is 27.9 Å². The molecule has 0 heterocycles. The Morgan fingerprint density at radius 2 is 2.05 bits per heavy atom. The zero-order valence-electron chi connectivity index (χ0n) is 11.5. The van der Waals surface area contributed by atoms with Crippen LogP contribution in [0.1, 0.15) is 19.8 Å². The van der Waals surface area contributed by atoms with Gasteiger partial charge in [0.25, 0.3) is 0 Å². The Balaban J connectivity index is 2.02. The maximum atomic E-state index is 11.8. The number of hydroxylamine groups is 1. The third kappa shape index (κ3) is 7.84. The van der Waals surface area contributed by atoms with Crippen molar-refractivity contribution in [3.63, 3.8) is 0 Å². The molecular formula is C13H22F3NO3. The molecule has 1 aliphatic rings. The van der Waals surface area contributed by atoms with E-state index in [1.54, 1.807) is 0 Å². The summed E-state index contributed by atoms with van der Waals surface area (Å²) in [4.78, 5) is 4.18. The summed E-state index contributed by atoms with van der Waals surface area (Å²) in [6.07, 6.45) is 0.999. The molecule has 0 saturated heterocycles. The minimum absolute atomic E-state index is 0.0787. The molecule has 1 aliphatic carbocycles. The van der Waals surface area contributed by atoms with Gasteiger partial charge >= 0.3 is 6.18 Å². The lowest BCUT2D eigenvalue weighted by Crippen LogP contribution is -2.34. The summed E-state index contributed by atoms with van der Waals surface area (Å²) in [5.41, 5.74) is 2.08. The Hall–Kier alpha value is -0.630. The van der Waals surface area contributed by atoms with Gasteiger partial charge in [0.1, 0.15) is 0 Å². The standard InChI is InChI=1S/C13H22F3NO3/c1-10-4-2-3-5-11(10)7-19-8-12(18)6-17-20-9-13(14,15)16/h2-3,10-12,17-18H,4-9H2,1H3. The monoisotopic (exact) mass is 297 g/mol. The maximum Gasteiger partial charge on any atom is 0.413 e. The van der Waals surface area contributed by atoms with Crippen molar-refractivity contribution in [3.05, 3.63) is 12.2 Å². The van der Waals surface area contributed by atoms with Crippen molar-refractivity contribution in [2.24, 2.45) is 11.8 Å². The molecular weight excluding hydrogens is 275 g/mol. The molecule has 0 radical (unpaired) electrons. The molecule has 0 aliphatic heterocycles. The van der Waals surface area contributed by atoms with Gasteiger partial charge in [-0.2, -0.15) is 18.7 Å². The number of ether oxygens (including phenoxy) is 1. The number of allylic oxidation sites excluding steroid dienone is 2. The normalized spacial score (nSPS) is 24.9. The number of hydrogen-bond acceptors (Lipinski definition) is 4. The van der Waals surface area contributed by atoms with Crippen LogP contribution in [0.4, 0.5) is 13.2 Å². The molecule has 3 atom stereocenters. The second-order valence-electron chi connectivity index (χ2n) is 5.12. The smallest absolute Gasteiger partial charge is 0.389 e. The van der Waals surface area contributed by atoms with Crippen LogP contribution in [0.2, 0.25) is 0 Å². The number of alkyl halides is 3. The average molecular weight is 297 g/mol. The Bertz CT molecular complexity index is 297. The van der Waals surface area contributed by atoms with Crippen LogP contribution < -0.4 is 5.48 Å².